The molecule has 1 aromatic rings. The van der Waals surface area contributed by atoms with E-state index in [1.54, 1.807) is 0 Å². The third-order valence-corrected chi connectivity index (χ3v) is 2.06. The Balaban J connectivity index is 3.06. The number of esters is 1. The fourth-order valence-corrected chi connectivity index (χ4v) is 1.14. The predicted molar refractivity (Wildman–Crippen MR) is 59.3 cm³/mol. The number of aromatic nitrogens is 1. The van der Waals surface area contributed by atoms with Gasteiger partial charge >= 0.3 is 12.1 Å². The van der Waals surface area contributed by atoms with Crippen LogP contribution < -0.4 is 4.74 Å². The van der Waals surface area contributed by atoms with Gasteiger partial charge in [-0.1, -0.05) is 11.8 Å². The average molecular weight is 273 g/mol. The van der Waals surface area contributed by atoms with Crippen LogP contribution in [0, 0.1) is 11.8 Å². The summed E-state index contributed by atoms with van der Waals surface area (Å²) in [7, 11) is 2.46. The summed E-state index contributed by atoms with van der Waals surface area (Å²) >= 11 is 0. The number of hydrogen-bond acceptors (Lipinski definition) is 4. The molecule has 102 valence electrons. The molecule has 1 aromatic heterocycles. The summed E-state index contributed by atoms with van der Waals surface area (Å²) in [5.41, 5.74) is -0.975. The van der Waals surface area contributed by atoms with Crippen LogP contribution in [-0.4, -0.2) is 25.2 Å². The van der Waals surface area contributed by atoms with Gasteiger partial charge in [0.05, 0.1) is 25.3 Å². The normalized spacial score (nSPS) is 10.4. The van der Waals surface area contributed by atoms with Crippen molar-refractivity contribution in [1.82, 2.24) is 4.98 Å². The first-order valence-corrected chi connectivity index (χ1v) is 5.05. The van der Waals surface area contributed by atoms with Crippen molar-refractivity contribution >= 4 is 5.97 Å². The van der Waals surface area contributed by atoms with Gasteiger partial charge in [-0.3, -0.25) is 4.79 Å². The van der Waals surface area contributed by atoms with Gasteiger partial charge in [-0.2, -0.15) is 13.2 Å². The molecule has 0 aromatic carbocycles. The zero-order valence-electron chi connectivity index (χ0n) is 10.2. The Bertz CT molecular complexity index is 529. The van der Waals surface area contributed by atoms with Crippen LogP contribution in [0.2, 0.25) is 0 Å². The monoisotopic (exact) mass is 273 g/mol. The van der Waals surface area contributed by atoms with Gasteiger partial charge in [0.15, 0.2) is 0 Å². The number of rotatable bonds is 2. The highest BCUT2D eigenvalue weighted by molar-refractivity contribution is 5.72. The minimum atomic E-state index is -4.52. The van der Waals surface area contributed by atoms with Crippen molar-refractivity contribution < 1.29 is 27.4 Å². The van der Waals surface area contributed by atoms with Crippen LogP contribution in [0.4, 0.5) is 13.2 Å². The molecule has 0 atom stereocenters. The number of carbonyl (C=O) groups is 1. The van der Waals surface area contributed by atoms with Gasteiger partial charge in [-0.05, 0) is 6.07 Å². The highest BCUT2D eigenvalue weighted by Crippen LogP contribution is 2.30. The highest BCUT2D eigenvalue weighted by Gasteiger charge is 2.31. The highest BCUT2D eigenvalue weighted by atomic mass is 19.4. The summed E-state index contributed by atoms with van der Waals surface area (Å²) in [6.07, 6.45) is -4.09. The molecule has 1 heterocycles. The van der Waals surface area contributed by atoms with Gasteiger partial charge in [-0.25, -0.2) is 4.98 Å². The van der Waals surface area contributed by atoms with Crippen molar-refractivity contribution in [2.45, 2.75) is 12.6 Å². The average Bonchev–Trinajstić information content (AvgIpc) is 2.37. The molecule has 0 unspecified atom stereocenters. The van der Waals surface area contributed by atoms with Crippen LogP contribution in [0.25, 0.3) is 0 Å². The standard InChI is InChI=1S/C12H10F3NO3/c1-18-10(17)5-3-4-8-6-9(12(13,14)15)7-16-11(8)19-2/h6-7H,5H2,1-2H3. The lowest BCUT2D eigenvalue weighted by Crippen LogP contribution is -2.07. The molecule has 0 aliphatic rings. The Morgan fingerprint density at radius 2 is 2.11 bits per heavy atom. The number of hydrogen-bond donors (Lipinski definition) is 0. The van der Waals surface area contributed by atoms with Crippen molar-refractivity contribution in [3.8, 4) is 17.7 Å². The van der Waals surface area contributed by atoms with Crippen molar-refractivity contribution in [2.24, 2.45) is 0 Å². The number of methoxy groups -OCH3 is 2. The first kappa shape index (κ1) is 14.8. The Hall–Kier alpha value is -2.23. The number of nitrogens with zero attached hydrogens (tertiary/aromatic N) is 1. The fourth-order valence-electron chi connectivity index (χ4n) is 1.14. The Morgan fingerprint density at radius 1 is 1.42 bits per heavy atom. The summed E-state index contributed by atoms with van der Waals surface area (Å²) in [4.78, 5) is 14.4. The molecule has 0 amide bonds. The first-order valence-electron chi connectivity index (χ1n) is 5.05. The molecule has 0 saturated carbocycles. The van der Waals surface area contributed by atoms with E-state index in [0.717, 1.165) is 6.07 Å². The lowest BCUT2D eigenvalue weighted by molar-refractivity contribution is -0.139. The van der Waals surface area contributed by atoms with Crippen molar-refractivity contribution in [1.29, 1.82) is 0 Å². The molecule has 1 rings (SSSR count). The zero-order chi connectivity index (χ0) is 14.5. The van der Waals surface area contributed by atoms with Gasteiger partial charge < -0.3 is 9.47 Å². The molecule has 0 aliphatic heterocycles. The molecular weight excluding hydrogens is 263 g/mol. The quantitative estimate of drug-likeness (QED) is 0.611. The van der Waals surface area contributed by atoms with Crippen LogP contribution in [0.5, 0.6) is 5.88 Å². The summed E-state index contributed by atoms with van der Waals surface area (Å²) in [6, 6.07) is 0.816. The van der Waals surface area contributed by atoms with Crippen molar-refractivity contribution in [2.75, 3.05) is 14.2 Å². The minimum Gasteiger partial charge on any atom is -0.480 e. The third kappa shape index (κ3) is 4.17. The van der Waals surface area contributed by atoms with Gasteiger partial charge in [0.25, 0.3) is 0 Å². The van der Waals surface area contributed by atoms with Crippen LogP contribution in [0.1, 0.15) is 17.5 Å². The van der Waals surface area contributed by atoms with Crippen molar-refractivity contribution in [3.05, 3.63) is 23.4 Å². The SMILES string of the molecule is COC(=O)CC#Cc1cc(C(F)(F)F)cnc1OC. The van der Waals surface area contributed by atoms with Crippen LogP contribution in [0.3, 0.4) is 0 Å². The summed E-state index contributed by atoms with van der Waals surface area (Å²) in [6.45, 7) is 0. The predicted octanol–water partition coefficient (Wildman–Crippen LogP) is 2.02. The van der Waals surface area contributed by atoms with Gasteiger partial charge in [-0.15, -0.1) is 0 Å². The maximum Gasteiger partial charge on any atom is 0.417 e. The maximum absolute atomic E-state index is 12.5. The largest absolute Gasteiger partial charge is 0.480 e. The van der Waals surface area contributed by atoms with E-state index in [1.807, 2.05) is 0 Å². The molecule has 19 heavy (non-hydrogen) atoms. The first-order chi connectivity index (χ1) is 8.88. The number of ether oxygens (including phenoxy) is 2. The molecule has 0 saturated heterocycles. The van der Waals surface area contributed by atoms with E-state index in [-0.39, 0.29) is 17.9 Å². The van der Waals surface area contributed by atoms with E-state index < -0.39 is 17.7 Å². The van der Waals surface area contributed by atoms with Gasteiger partial charge in [0, 0.05) is 6.20 Å². The van der Waals surface area contributed by atoms with Crippen LogP contribution in [0.15, 0.2) is 12.3 Å². The van der Waals surface area contributed by atoms with E-state index in [9.17, 15) is 18.0 Å². The molecular formula is C12H10F3NO3. The summed E-state index contributed by atoms with van der Waals surface area (Å²) < 4.78 is 46.7. The lowest BCUT2D eigenvalue weighted by Gasteiger charge is -2.08. The number of carbonyl (C=O) groups excluding carboxylic acids is 1. The molecule has 0 spiro atoms. The minimum absolute atomic E-state index is 0.0367. The Labute approximate surface area is 107 Å². The molecule has 0 aliphatic carbocycles. The van der Waals surface area contributed by atoms with Crippen LogP contribution in [-0.2, 0) is 15.7 Å². The molecule has 0 N–H and O–H groups in total. The fraction of sp³-hybridized carbons (Fsp3) is 0.333. The molecule has 4 nitrogen and oxygen atoms in total. The zero-order valence-corrected chi connectivity index (χ0v) is 10.2. The second-order valence-electron chi connectivity index (χ2n) is 3.33. The number of alkyl halides is 3. The maximum atomic E-state index is 12.5. The molecule has 7 heteroatoms. The third-order valence-electron chi connectivity index (χ3n) is 2.06. The molecule has 0 radical (unpaired) electrons. The topological polar surface area (TPSA) is 48.4 Å². The Kier molecular flexibility index (Phi) is 4.75. The number of halogens is 3. The van der Waals surface area contributed by atoms with Gasteiger partial charge in [0.1, 0.15) is 6.42 Å². The Morgan fingerprint density at radius 3 is 2.63 bits per heavy atom. The lowest BCUT2D eigenvalue weighted by atomic mass is 10.2. The smallest absolute Gasteiger partial charge is 0.417 e. The summed E-state index contributed by atoms with van der Waals surface area (Å²) in [5.74, 6) is 4.18. The molecule has 0 fully saturated rings. The van der Waals surface area contributed by atoms with E-state index in [2.05, 4.69) is 21.6 Å². The van der Waals surface area contributed by atoms with E-state index in [1.165, 1.54) is 14.2 Å². The van der Waals surface area contributed by atoms with E-state index in [4.69, 9.17) is 4.74 Å². The van der Waals surface area contributed by atoms with Crippen LogP contribution >= 0.6 is 0 Å². The van der Waals surface area contributed by atoms with Gasteiger partial charge in [0.2, 0.25) is 5.88 Å². The van der Waals surface area contributed by atoms with E-state index in [0.29, 0.717) is 6.20 Å². The number of pyridine rings is 1. The van der Waals surface area contributed by atoms with Crippen molar-refractivity contribution in [3.63, 3.8) is 0 Å². The summed E-state index contributed by atoms with van der Waals surface area (Å²) in [5, 5.41) is 0. The second kappa shape index (κ2) is 6.09. The van der Waals surface area contributed by atoms with E-state index >= 15 is 0 Å². The second-order valence-corrected chi connectivity index (χ2v) is 3.33. The molecule has 0 bridgehead atoms.